The first-order chi connectivity index (χ1) is 30.7. The van der Waals surface area contributed by atoms with Crippen LogP contribution >= 0.6 is 0 Å². The van der Waals surface area contributed by atoms with Gasteiger partial charge in [-0.2, -0.15) is 0 Å². The van der Waals surface area contributed by atoms with E-state index in [0.717, 1.165) is 11.4 Å². The predicted molar refractivity (Wildman–Crippen MR) is 262 cm³/mol. The summed E-state index contributed by atoms with van der Waals surface area (Å²) in [5.74, 6) is 0. The Morgan fingerprint density at radius 3 is 1.15 bits per heavy atom. The van der Waals surface area contributed by atoms with Crippen LogP contribution in [-0.2, 0) is 0 Å². The van der Waals surface area contributed by atoms with Crippen LogP contribution in [0.3, 0.4) is 0 Å². The zero-order valence-electron chi connectivity index (χ0n) is 34.0. The second-order valence-corrected chi connectivity index (χ2v) is 16.1. The van der Waals surface area contributed by atoms with E-state index in [2.05, 4.69) is 252 Å². The van der Waals surface area contributed by atoms with Crippen LogP contribution in [0, 0.1) is 0 Å². The Morgan fingerprint density at radius 1 is 0.194 bits per heavy atom. The summed E-state index contributed by atoms with van der Waals surface area (Å²) in [7, 11) is 0. The van der Waals surface area contributed by atoms with Crippen LogP contribution in [0.5, 0.6) is 0 Å². The molecule has 0 aliphatic heterocycles. The van der Waals surface area contributed by atoms with E-state index in [1.54, 1.807) is 0 Å². The summed E-state index contributed by atoms with van der Waals surface area (Å²) in [4.78, 5) is 0. The van der Waals surface area contributed by atoms with E-state index >= 15 is 0 Å². The molecule has 0 saturated carbocycles. The second kappa shape index (κ2) is 14.8. The molecule has 0 saturated heterocycles. The average Bonchev–Trinajstić information content (AvgIpc) is 3.87. The normalized spacial score (nSPS) is 11.5. The first-order valence-electron chi connectivity index (χ1n) is 21.3. The summed E-state index contributed by atoms with van der Waals surface area (Å²) in [6, 6.07) is 88.4. The zero-order chi connectivity index (χ0) is 41.0. The molecule has 0 fully saturated rings. The Labute approximate surface area is 360 Å². The predicted octanol–water partition coefficient (Wildman–Crippen LogP) is 16.2. The third-order valence-corrected chi connectivity index (χ3v) is 12.5. The van der Waals surface area contributed by atoms with Gasteiger partial charge in [0.15, 0.2) is 0 Å². The van der Waals surface area contributed by atoms with Gasteiger partial charge < -0.3 is 9.13 Å². The molecule has 2 nitrogen and oxygen atoms in total. The first-order valence-corrected chi connectivity index (χ1v) is 21.3. The number of hydrogen-bond acceptors (Lipinski definition) is 0. The van der Waals surface area contributed by atoms with Crippen LogP contribution in [0.2, 0.25) is 0 Å². The molecule has 0 N–H and O–H groups in total. The lowest BCUT2D eigenvalue weighted by Gasteiger charge is -2.15. The number of rotatable bonds is 7. The van der Waals surface area contributed by atoms with Crippen molar-refractivity contribution in [2.45, 2.75) is 0 Å². The van der Waals surface area contributed by atoms with Gasteiger partial charge in [-0.1, -0.05) is 182 Å². The van der Waals surface area contributed by atoms with E-state index in [9.17, 15) is 0 Å². The van der Waals surface area contributed by atoms with Gasteiger partial charge >= 0.3 is 0 Å². The lowest BCUT2D eigenvalue weighted by molar-refractivity contribution is 1.18. The van der Waals surface area contributed by atoms with Crippen molar-refractivity contribution >= 4 is 43.6 Å². The van der Waals surface area contributed by atoms with Gasteiger partial charge in [-0.25, -0.2) is 0 Å². The maximum atomic E-state index is 2.43. The maximum absolute atomic E-state index is 2.43. The van der Waals surface area contributed by atoms with Crippen molar-refractivity contribution in [1.29, 1.82) is 0 Å². The molecule has 290 valence electrons. The van der Waals surface area contributed by atoms with E-state index in [0.29, 0.717) is 0 Å². The molecule has 12 rings (SSSR count). The van der Waals surface area contributed by atoms with E-state index in [4.69, 9.17) is 0 Å². The summed E-state index contributed by atoms with van der Waals surface area (Å²) in [5.41, 5.74) is 19.2. The number of nitrogens with zero attached hydrogens (tertiary/aromatic N) is 2. The monoisotopic (exact) mass is 788 g/mol. The number of benzene rings is 10. The Bertz CT molecular complexity index is 3600. The summed E-state index contributed by atoms with van der Waals surface area (Å²) in [6.45, 7) is 0. The Balaban J connectivity index is 0.957. The van der Waals surface area contributed by atoms with Crippen molar-refractivity contribution in [2.24, 2.45) is 0 Å². The van der Waals surface area contributed by atoms with Crippen molar-refractivity contribution in [3.05, 3.63) is 243 Å². The smallest absolute Gasteiger partial charge is 0.0541 e. The molecule has 10 aromatic carbocycles. The van der Waals surface area contributed by atoms with Crippen molar-refractivity contribution < 1.29 is 0 Å². The highest BCUT2D eigenvalue weighted by atomic mass is 15.0. The molecule has 0 bridgehead atoms. The molecule has 12 aromatic rings. The maximum Gasteiger partial charge on any atom is 0.0541 e. The van der Waals surface area contributed by atoms with Crippen molar-refractivity contribution in [3.8, 4) is 67.0 Å². The molecule has 0 unspecified atom stereocenters. The third kappa shape index (κ3) is 6.04. The lowest BCUT2D eigenvalue weighted by Crippen LogP contribution is -1.96. The standard InChI is InChI=1S/C60H40N2/c1-4-15-41(16-5-1)42-27-29-43(30-28-42)46-21-14-22-49(37-46)61-57-25-12-10-23-52(57)55-38-47(31-35-59(55)61)48-32-36-60-56(39-48)53-24-11-13-26-58(53)62(60)50-33-34-51(44-17-6-2-7-18-44)54(40-50)45-19-8-3-9-20-45/h1-40H. The Hall–Kier alpha value is -8.20. The van der Waals surface area contributed by atoms with Gasteiger partial charge in [-0.3, -0.25) is 0 Å². The minimum absolute atomic E-state index is 1.14. The molecule has 0 aliphatic rings. The molecule has 62 heavy (non-hydrogen) atoms. The zero-order valence-corrected chi connectivity index (χ0v) is 34.0. The van der Waals surface area contributed by atoms with E-state index < -0.39 is 0 Å². The third-order valence-electron chi connectivity index (χ3n) is 12.5. The highest BCUT2D eigenvalue weighted by Gasteiger charge is 2.18. The highest BCUT2D eigenvalue weighted by molar-refractivity contribution is 6.13. The minimum Gasteiger partial charge on any atom is -0.309 e. The van der Waals surface area contributed by atoms with E-state index in [1.165, 1.54) is 99.2 Å². The van der Waals surface area contributed by atoms with Crippen LogP contribution < -0.4 is 0 Å². The van der Waals surface area contributed by atoms with Gasteiger partial charge in [-0.15, -0.1) is 0 Å². The number of aromatic nitrogens is 2. The summed E-state index contributed by atoms with van der Waals surface area (Å²) in [6.07, 6.45) is 0. The van der Waals surface area contributed by atoms with E-state index in [-0.39, 0.29) is 0 Å². The Morgan fingerprint density at radius 2 is 0.581 bits per heavy atom. The van der Waals surface area contributed by atoms with Gasteiger partial charge in [-0.05, 0) is 116 Å². The van der Waals surface area contributed by atoms with Crippen LogP contribution in [0.1, 0.15) is 0 Å². The van der Waals surface area contributed by atoms with Crippen LogP contribution in [-0.4, -0.2) is 9.13 Å². The number of para-hydroxylation sites is 2. The minimum atomic E-state index is 1.14. The van der Waals surface area contributed by atoms with Crippen molar-refractivity contribution in [2.75, 3.05) is 0 Å². The SMILES string of the molecule is c1ccc(-c2ccc(-c3cccc(-n4c5ccccc5c5cc(-c6ccc7c(c6)c6ccccc6n7-c6ccc(-c7ccccc7)c(-c7ccccc7)c6)ccc54)c3)cc2)cc1. The average molecular weight is 789 g/mol. The van der Waals surface area contributed by atoms with Gasteiger partial charge in [0.1, 0.15) is 0 Å². The number of hydrogen-bond donors (Lipinski definition) is 0. The molecule has 0 atom stereocenters. The number of fused-ring (bicyclic) bond motifs is 6. The fourth-order valence-corrected chi connectivity index (χ4v) is 9.57. The van der Waals surface area contributed by atoms with Crippen molar-refractivity contribution in [1.82, 2.24) is 9.13 Å². The summed E-state index contributed by atoms with van der Waals surface area (Å²) >= 11 is 0. The highest BCUT2D eigenvalue weighted by Crippen LogP contribution is 2.41. The molecule has 0 spiro atoms. The quantitative estimate of drug-likeness (QED) is 0.152. The van der Waals surface area contributed by atoms with Gasteiger partial charge in [0.2, 0.25) is 0 Å². The Kier molecular flexibility index (Phi) is 8.53. The molecule has 2 aromatic heterocycles. The molecular weight excluding hydrogens is 749 g/mol. The molecular formula is C60H40N2. The summed E-state index contributed by atoms with van der Waals surface area (Å²) < 4.78 is 4.85. The molecule has 0 radical (unpaired) electrons. The van der Waals surface area contributed by atoms with E-state index in [1.807, 2.05) is 0 Å². The topological polar surface area (TPSA) is 9.86 Å². The van der Waals surface area contributed by atoms with Gasteiger partial charge in [0, 0.05) is 32.9 Å². The fraction of sp³-hybridized carbons (Fsp3) is 0. The van der Waals surface area contributed by atoms with Crippen LogP contribution in [0.15, 0.2) is 243 Å². The summed E-state index contributed by atoms with van der Waals surface area (Å²) in [5, 5.41) is 4.96. The second-order valence-electron chi connectivity index (χ2n) is 16.1. The molecule has 2 heterocycles. The van der Waals surface area contributed by atoms with Crippen LogP contribution in [0.4, 0.5) is 0 Å². The molecule has 2 heteroatoms. The van der Waals surface area contributed by atoms with Gasteiger partial charge in [0.05, 0.1) is 22.1 Å². The molecule has 0 amide bonds. The lowest BCUT2D eigenvalue weighted by atomic mass is 9.94. The first kappa shape index (κ1) is 35.7. The fourth-order valence-electron chi connectivity index (χ4n) is 9.57. The largest absolute Gasteiger partial charge is 0.309 e. The van der Waals surface area contributed by atoms with Crippen LogP contribution in [0.25, 0.3) is 111 Å². The van der Waals surface area contributed by atoms with Crippen molar-refractivity contribution in [3.63, 3.8) is 0 Å². The van der Waals surface area contributed by atoms with Gasteiger partial charge in [0.25, 0.3) is 0 Å². The molecule has 0 aliphatic carbocycles.